The first kappa shape index (κ1) is 18.6. The van der Waals surface area contributed by atoms with Gasteiger partial charge < -0.3 is 4.90 Å². The number of hydrogen-bond acceptors (Lipinski definition) is 5. The minimum Gasteiger partial charge on any atom is -0.310 e. The maximum absolute atomic E-state index is 13.0. The highest BCUT2D eigenvalue weighted by Gasteiger charge is 2.37. The highest BCUT2D eigenvalue weighted by molar-refractivity contribution is 7.91. The number of fused-ring (bicyclic) bond motifs is 1. The molecule has 0 aromatic heterocycles. The van der Waals surface area contributed by atoms with Crippen LogP contribution in [0.15, 0.2) is 47.6 Å². The number of hydrazone groups is 1. The van der Waals surface area contributed by atoms with Crippen LogP contribution in [0.25, 0.3) is 10.8 Å². The normalized spacial score (nSPS) is 21.6. The maximum Gasteiger partial charge on any atom is 0.274 e. The van der Waals surface area contributed by atoms with Crippen LogP contribution in [0, 0.1) is 0 Å². The SMILES string of the molecule is CN(C(=O)C1=NN([C@@H]2CCS(=O)(=O)C2)C(=O)CC1)c1ccc2ccccc2c1. The van der Waals surface area contributed by atoms with Gasteiger partial charge in [-0.1, -0.05) is 30.3 Å². The largest absolute Gasteiger partial charge is 0.310 e. The highest BCUT2D eigenvalue weighted by atomic mass is 32.2. The molecule has 28 heavy (non-hydrogen) atoms. The molecular weight excluding hydrogens is 378 g/mol. The lowest BCUT2D eigenvalue weighted by Gasteiger charge is -2.29. The average molecular weight is 399 g/mol. The van der Waals surface area contributed by atoms with Gasteiger partial charge in [0, 0.05) is 25.6 Å². The molecule has 2 heterocycles. The molecule has 0 bridgehead atoms. The Morgan fingerprint density at radius 1 is 1.14 bits per heavy atom. The van der Waals surface area contributed by atoms with Crippen molar-refractivity contribution in [3.05, 3.63) is 42.5 Å². The van der Waals surface area contributed by atoms with E-state index in [2.05, 4.69) is 5.10 Å². The fraction of sp³-hybridized carbons (Fsp3) is 0.350. The number of amides is 2. The molecule has 2 aromatic rings. The molecule has 2 aliphatic heterocycles. The van der Waals surface area contributed by atoms with Gasteiger partial charge in [-0.25, -0.2) is 13.4 Å². The van der Waals surface area contributed by atoms with Gasteiger partial charge in [-0.05, 0) is 29.3 Å². The monoisotopic (exact) mass is 399 g/mol. The minimum absolute atomic E-state index is 0.0528. The van der Waals surface area contributed by atoms with Crippen LogP contribution < -0.4 is 4.90 Å². The van der Waals surface area contributed by atoms with Gasteiger partial charge in [0.2, 0.25) is 5.91 Å². The molecule has 8 heteroatoms. The third-order valence-electron chi connectivity index (χ3n) is 5.29. The van der Waals surface area contributed by atoms with Crippen LogP contribution in [0.3, 0.4) is 0 Å². The van der Waals surface area contributed by atoms with Crippen molar-refractivity contribution in [2.45, 2.75) is 25.3 Å². The molecule has 0 unspecified atom stereocenters. The molecule has 2 aliphatic rings. The molecule has 1 saturated heterocycles. The smallest absolute Gasteiger partial charge is 0.274 e. The predicted molar refractivity (Wildman–Crippen MR) is 108 cm³/mol. The average Bonchev–Trinajstić information content (AvgIpc) is 3.06. The Balaban J connectivity index is 1.58. The second-order valence-electron chi connectivity index (χ2n) is 7.24. The van der Waals surface area contributed by atoms with Gasteiger partial charge in [0.1, 0.15) is 5.71 Å². The standard InChI is InChI=1S/C20H21N3O4S/c1-22(16-7-6-14-4-2-3-5-15(14)12-16)20(25)18-8-9-19(24)23(21-18)17-10-11-28(26,27)13-17/h2-7,12,17H,8-11,13H2,1H3/t17-/m1/s1. The van der Waals surface area contributed by atoms with Crippen molar-refractivity contribution in [3.63, 3.8) is 0 Å². The summed E-state index contributed by atoms with van der Waals surface area (Å²) in [4.78, 5) is 26.7. The molecule has 0 spiro atoms. The molecule has 0 aliphatic carbocycles. The molecule has 4 rings (SSSR count). The van der Waals surface area contributed by atoms with Crippen molar-refractivity contribution in [1.29, 1.82) is 0 Å². The fourth-order valence-corrected chi connectivity index (χ4v) is 5.37. The topological polar surface area (TPSA) is 87.1 Å². The molecule has 1 atom stereocenters. The number of hydrogen-bond donors (Lipinski definition) is 0. The number of carbonyl (C=O) groups is 2. The summed E-state index contributed by atoms with van der Waals surface area (Å²) in [6.45, 7) is 0. The van der Waals surface area contributed by atoms with E-state index in [1.54, 1.807) is 7.05 Å². The molecule has 0 saturated carbocycles. The Hall–Kier alpha value is -2.74. The quantitative estimate of drug-likeness (QED) is 0.790. The minimum atomic E-state index is -3.14. The third-order valence-corrected chi connectivity index (χ3v) is 7.04. The van der Waals surface area contributed by atoms with Crippen LogP contribution >= 0.6 is 0 Å². The maximum atomic E-state index is 13.0. The van der Waals surface area contributed by atoms with Crippen LogP contribution in [0.5, 0.6) is 0 Å². The molecule has 1 fully saturated rings. The van der Waals surface area contributed by atoms with E-state index in [4.69, 9.17) is 0 Å². The molecule has 0 N–H and O–H groups in total. The zero-order chi connectivity index (χ0) is 19.9. The highest BCUT2D eigenvalue weighted by Crippen LogP contribution is 2.25. The zero-order valence-electron chi connectivity index (χ0n) is 15.5. The lowest BCUT2D eigenvalue weighted by Crippen LogP contribution is -2.44. The van der Waals surface area contributed by atoms with Gasteiger partial charge in [-0.15, -0.1) is 0 Å². The fourth-order valence-electron chi connectivity index (χ4n) is 3.68. The van der Waals surface area contributed by atoms with E-state index in [1.807, 2.05) is 42.5 Å². The second kappa shape index (κ2) is 7.01. The summed E-state index contributed by atoms with van der Waals surface area (Å²) in [5.74, 6) is -0.554. The van der Waals surface area contributed by atoms with Gasteiger partial charge in [0.15, 0.2) is 9.84 Å². The van der Waals surface area contributed by atoms with Crippen LogP contribution in [0.4, 0.5) is 5.69 Å². The number of sulfone groups is 1. The summed E-state index contributed by atoms with van der Waals surface area (Å²) in [7, 11) is -1.47. The van der Waals surface area contributed by atoms with Crippen LogP contribution in [-0.2, 0) is 19.4 Å². The Morgan fingerprint density at radius 3 is 2.61 bits per heavy atom. The first-order valence-electron chi connectivity index (χ1n) is 9.21. The molecule has 7 nitrogen and oxygen atoms in total. The van der Waals surface area contributed by atoms with E-state index in [0.717, 1.165) is 16.5 Å². The van der Waals surface area contributed by atoms with Crippen molar-refractivity contribution in [1.82, 2.24) is 5.01 Å². The zero-order valence-corrected chi connectivity index (χ0v) is 16.4. The molecular formula is C20H21N3O4S. The molecule has 146 valence electrons. The van der Waals surface area contributed by atoms with E-state index >= 15 is 0 Å². The predicted octanol–water partition coefficient (Wildman–Crippen LogP) is 1.97. The van der Waals surface area contributed by atoms with Crippen molar-refractivity contribution in [2.75, 3.05) is 23.5 Å². The van der Waals surface area contributed by atoms with Crippen LogP contribution in [0.2, 0.25) is 0 Å². The molecule has 2 aromatic carbocycles. The number of carbonyl (C=O) groups excluding carboxylic acids is 2. The van der Waals surface area contributed by atoms with Crippen molar-refractivity contribution in [2.24, 2.45) is 5.10 Å². The van der Waals surface area contributed by atoms with Gasteiger partial charge in [-0.3, -0.25) is 9.59 Å². The van der Waals surface area contributed by atoms with E-state index in [0.29, 0.717) is 6.42 Å². The summed E-state index contributed by atoms with van der Waals surface area (Å²) in [5, 5.41) is 7.59. The van der Waals surface area contributed by atoms with E-state index in [9.17, 15) is 18.0 Å². The summed E-state index contributed by atoms with van der Waals surface area (Å²) in [6, 6.07) is 13.2. The third kappa shape index (κ3) is 3.52. The first-order chi connectivity index (χ1) is 13.3. The second-order valence-corrected chi connectivity index (χ2v) is 9.47. The lowest BCUT2D eigenvalue weighted by molar-refractivity contribution is -0.133. The number of rotatable bonds is 3. The first-order valence-corrected chi connectivity index (χ1v) is 11.0. The lowest BCUT2D eigenvalue weighted by atomic mass is 10.1. The Labute approximate surface area is 163 Å². The van der Waals surface area contributed by atoms with E-state index in [-0.39, 0.29) is 41.9 Å². The van der Waals surface area contributed by atoms with Gasteiger partial charge >= 0.3 is 0 Å². The summed E-state index contributed by atoms with van der Waals surface area (Å²) >= 11 is 0. The Morgan fingerprint density at radius 2 is 1.89 bits per heavy atom. The van der Waals surface area contributed by atoms with Gasteiger partial charge in [-0.2, -0.15) is 5.10 Å². The number of nitrogens with zero attached hydrogens (tertiary/aromatic N) is 3. The number of benzene rings is 2. The van der Waals surface area contributed by atoms with Crippen LogP contribution in [0.1, 0.15) is 19.3 Å². The molecule has 0 radical (unpaired) electrons. The van der Waals surface area contributed by atoms with E-state index in [1.165, 1.54) is 9.91 Å². The molecule has 2 amide bonds. The Bertz CT molecular complexity index is 1090. The van der Waals surface area contributed by atoms with Crippen LogP contribution in [-0.4, -0.2) is 55.5 Å². The van der Waals surface area contributed by atoms with Gasteiger partial charge in [0.25, 0.3) is 5.91 Å². The summed E-state index contributed by atoms with van der Waals surface area (Å²) < 4.78 is 23.5. The van der Waals surface area contributed by atoms with Crippen molar-refractivity contribution >= 4 is 43.8 Å². The summed E-state index contributed by atoms with van der Waals surface area (Å²) in [6.07, 6.45) is 0.776. The van der Waals surface area contributed by atoms with Gasteiger partial charge in [0.05, 0.1) is 17.5 Å². The van der Waals surface area contributed by atoms with Crippen molar-refractivity contribution in [3.8, 4) is 0 Å². The van der Waals surface area contributed by atoms with Crippen molar-refractivity contribution < 1.29 is 18.0 Å². The van der Waals surface area contributed by atoms with E-state index < -0.39 is 15.9 Å². The Kier molecular flexibility index (Phi) is 4.66. The summed E-state index contributed by atoms with van der Waals surface area (Å²) in [5.41, 5.74) is 1.01. The number of anilines is 1.